The number of halogens is 10. The molecule has 2 aromatic rings. The summed E-state index contributed by atoms with van der Waals surface area (Å²) in [6.45, 7) is -0.700. The quantitative estimate of drug-likeness (QED) is 0.181. The minimum Gasteiger partial charge on any atom is -0.485 e. The first-order valence-corrected chi connectivity index (χ1v) is 13.6. The molecule has 236 valence electrons. The van der Waals surface area contributed by atoms with Gasteiger partial charge in [-0.05, 0) is 43.1 Å². The third-order valence-electron chi connectivity index (χ3n) is 6.27. The third kappa shape index (κ3) is 9.85. The number of nitrogens with zero attached hydrogens (tertiary/aromatic N) is 1. The molecule has 0 radical (unpaired) electrons. The zero-order chi connectivity index (χ0) is 32.0. The molecule has 5 nitrogen and oxygen atoms in total. The Balaban J connectivity index is 1.78. The molecule has 2 aromatic carbocycles. The summed E-state index contributed by atoms with van der Waals surface area (Å²) in [4.78, 5) is 0.404. The van der Waals surface area contributed by atoms with Crippen LogP contribution in [0, 0.1) is 23.1 Å². The number of nitriles is 1. The van der Waals surface area contributed by atoms with Crippen LogP contribution >= 0.6 is 11.8 Å². The number of nitrogens with one attached hydrogen (secondary N) is 2. The predicted octanol–water partition coefficient (Wildman–Crippen LogP) is 7.85. The molecule has 16 heteroatoms. The van der Waals surface area contributed by atoms with Crippen molar-refractivity contribution >= 4 is 11.8 Å². The second kappa shape index (κ2) is 14.0. The van der Waals surface area contributed by atoms with Gasteiger partial charge in [0.2, 0.25) is 0 Å². The highest BCUT2D eigenvalue weighted by molar-refractivity contribution is 8.03. The van der Waals surface area contributed by atoms with E-state index in [0.717, 1.165) is 30.0 Å². The fraction of sp³-hybridized carbons (Fsp3) is 0.444. The maximum Gasteiger partial charge on any atom is 0.422 e. The van der Waals surface area contributed by atoms with Crippen molar-refractivity contribution in [3.8, 4) is 17.6 Å². The summed E-state index contributed by atoms with van der Waals surface area (Å²) in [7, 11) is 0. The SMILES string of the molecule is CCC(CCNCC1=C(COc2cc(OCC(F)(F)F)c(C#N)cc2F)SC(c2ccc(C(F)(F)F)cc2)N1)C(F)(F)F. The van der Waals surface area contributed by atoms with Crippen LogP contribution < -0.4 is 20.1 Å². The van der Waals surface area contributed by atoms with Crippen molar-refractivity contribution < 1.29 is 53.4 Å². The summed E-state index contributed by atoms with van der Waals surface area (Å²) >= 11 is 1.10. The molecule has 0 aromatic heterocycles. The van der Waals surface area contributed by atoms with E-state index in [9.17, 15) is 43.9 Å². The van der Waals surface area contributed by atoms with Crippen molar-refractivity contribution in [1.29, 1.82) is 5.26 Å². The van der Waals surface area contributed by atoms with E-state index in [2.05, 4.69) is 15.4 Å². The minimum absolute atomic E-state index is 0.00686. The van der Waals surface area contributed by atoms with Crippen molar-refractivity contribution in [1.82, 2.24) is 10.6 Å². The van der Waals surface area contributed by atoms with Gasteiger partial charge in [-0.25, -0.2) is 4.39 Å². The van der Waals surface area contributed by atoms with E-state index in [0.29, 0.717) is 22.2 Å². The average Bonchev–Trinajstić information content (AvgIpc) is 3.32. The van der Waals surface area contributed by atoms with Gasteiger partial charge in [-0.15, -0.1) is 0 Å². The van der Waals surface area contributed by atoms with E-state index in [-0.39, 0.29) is 32.5 Å². The van der Waals surface area contributed by atoms with Crippen LogP contribution in [-0.4, -0.2) is 38.7 Å². The van der Waals surface area contributed by atoms with Gasteiger partial charge in [-0.1, -0.05) is 30.8 Å². The lowest BCUT2D eigenvalue weighted by Gasteiger charge is -2.19. The van der Waals surface area contributed by atoms with Gasteiger partial charge in [0.25, 0.3) is 0 Å². The van der Waals surface area contributed by atoms with Gasteiger partial charge in [-0.2, -0.15) is 44.8 Å². The van der Waals surface area contributed by atoms with Crippen LogP contribution in [0.3, 0.4) is 0 Å². The summed E-state index contributed by atoms with van der Waals surface area (Å²) in [5.41, 5.74) is -0.520. The van der Waals surface area contributed by atoms with Crippen LogP contribution in [0.15, 0.2) is 47.0 Å². The molecular formula is C27H25F10N3O2S. The van der Waals surface area contributed by atoms with Crippen LogP contribution in [-0.2, 0) is 6.18 Å². The maximum absolute atomic E-state index is 14.6. The average molecular weight is 646 g/mol. The van der Waals surface area contributed by atoms with Crippen molar-refractivity contribution in [2.24, 2.45) is 5.92 Å². The highest BCUT2D eigenvalue weighted by Gasteiger charge is 2.37. The Kier molecular flexibility index (Phi) is 11.1. The number of hydrogen-bond acceptors (Lipinski definition) is 6. The summed E-state index contributed by atoms with van der Waals surface area (Å²) in [6.07, 6.45) is -14.0. The number of rotatable bonds is 12. The molecule has 0 bridgehead atoms. The largest absolute Gasteiger partial charge is 0.485 e. The maximum atomic E-state index is 14.6. The molecule has 0 amide bonds. The van der Waals surface area contributed by atoms with Crippen molar-refractivity contribution in [3.63, 3.8) is 0 Å². The third-order valence-corrected chi connectivity index (χ3v) is 7.55. The van der Waals surface area contributed by atoms with Gasteiger partial charge in [0, 0.05) is 23.2 Å². The number of thioether (sulfide) groups is 1. The molecule has 1 aliphatic rings. The second-order valence-corrected chi connectivity index (χ2v) is 10.6. The van der Waals surface area contributed by atoms with Gasteiger partial charge >= 0.3 is 18.5 Å². The molecule has 0 aliphatic carbocycles. The molecule has 2 N–H and O–H groups in total. The highest BCUT2D eigenvalue weighted by atomic mass is 32.2. The lowest BCUT2D eigenvalue weighted by Crippen LogP contribution is -2.30. The minimum atomic E-state index is -4.73. The van der Waals surface area contributed by atoms with E-state index in [1.165, 1.54) is 25.1 Å². The Morgan fingerprint density at radius 1 is 1.00 bits per heavy atom. The van der Waals surface area contributed by atoms with Gasteiger partial charge in [0.05, 0.1) is 17.0 Å². The smallest absolute Gasteiger partial charge is 0.422 e. The molecular weight excluding hydrogens is 620 g/mol. The van der Waals surface area contributed by atoms with E-state index >= 15 is 0 Å². The normalized spacial score (nSPS) is 16.6. The molecule has 0 spiro atoms. The van der Waals surface area contributed by atoms with Crippen molar-refractivity contribution in [2.75, 3.05) is 26.3 Å². The summed E-state index contributed by atoms with van der Waals surface area (Å²) in [5.74, 6) is -3.69. The highest BCUT2D eigenvalue weighted by Crippen LogP contribution is 2.42. The molecule has 0 saturated heterocycles. The lowest BCUT2D eigenvalue weighted by atomic mass is 10.0. The van der Waals surface area contributed by atoms with Crippen molar-refractivity contribution in [2.45, 2.75) is 43.7 Å². The van der Waals surface area contributed by atoms with Gasteiger partial charge < -0.3 is 20.1 Å². The monoisotopic (exact) mass is 645 g/mol. The van der Waals surface area contributed by atoms with Gasteiger partial charge in [0.15, 0.2) is 18.2 Å². The standard InChI is InChI=1S/C27H25F10N3O2S/c1-2-17(26(32,33)34)7-8-39-12-20-23(43-24(40-20)15-3-5-18(6-4-15)27(35,36)37)13-41-22-10-21(42-14-25(29,30)31)16(11-38)9-19(22)28/h3-6,9-10,17,24,39-40H,2,7-8,12-14H2,1H3. The fourth-order valence-electron chi connectivity index (χ4n) is 3.99. The zero-order valence-electron chi connectivity index (χ0n) is 22.3. The number of alkyl halides is 9. The second-order valence-electron chi connectivity index (χ2n) is 9.36. The fourth-order valence-corrected chi connectivity index (χ4v) is 5.17. The molecule has 2 atom stereocenters. The molecule has 1 aliphatic heterocycles. The molecule has 1 heterocycles. The topological polar surface area (TPSA) is 66.3 Å². The van der Waals surface area contributed by atoms with E-state index < -0.39 is 64.9 Å². The van der Waals surface area contributed by atoms with Gasteiger partial charge in [-0.3, -0.25) is 0 Å². The number of benzene rings is 2. The van der Waals surface area contributed by atoms with E-state index in [4.69, 9.17) is 10.00 Å². The van der Waals surface area contributed by atoms with Gasteiger partial charge in [0.1, 0.15) is 23.8 Å². The Morgan fingerprint density at radius 2 is 1.67 bits per heavy atom. The van der Waals surface area contributed by atoms with E-state index in [1.807, 2.05) is 0 Å². The predicted molar refractivity (Wildman–Crippen MR) is 137 cm³/mol. The molecule has 2 unspecified atom stereocenters. The zero-order valence-corrected chi connectivity index (χ0v) is 23.1. The summed E-state index contributed by atoms with van der Waals surface area (Å²) in [6, 6.07) is 7.25. The number of hydrogen-bond donors (Lipinski definition) is 2. The van der Waals surface area contributed by atoms with E-state index in [1.54, 1.807) is 0 Å². The molecule has 0 saturated carbocycles. The first-order chi connectivity index (χ1) is 20.0. The Labute approximate surface area is 244 Å². The first kappa shape index (κ1) is 34.2. The Hall–Kier alpha value is -3.32. The Bertz CT molecular complexity index is 1320. The first-order valence-electron chi connectivity index (χ1n) is 12.7. The molecule has 3 rings (SSSR count). The lowest BCUT2D eigenvalue weighted by molar-refractivity contribution is -0.176. The van der Waals surface area contributed by atoms with Crippen molar-refractivity contribution in [3.05, 3.63) is 69.5 Å². The molecule has 0 fully saturated rings. The molecule has 43 heavy (non-hydrogen) atoms. The van der Waals surface area contributed by atoms with Crippen LogP contribution in [0.4, 0.5) is 43.9 Å². The summed E-state index contributed by atoms with van der Waals surface area (Å²) in [5, 5.41) is 14.5. The van der Waals surface area contributed by atoms with Crippen LogP contribution in [0.5, 0.6) is 11.5 Å². The van der Waals surface area contributed by atoms with Crippen LogP contribution in [0.25, 0.3) is 0 Å². The Morgan fingerprint density at radius 3 is 2.23 bits per heavy atom. The summed E-state index contributed by atoms with van der Waals surface area (Å²) < 4.78 is 141. The number of ether oxygens (including phenoxy) is 2. The van der Waals surface area contributed by atoms with Crippen LogP contribution in [0.1, 0.15) is 41.8 Å². The van der Waals surface area contributed by atoms with Crippen LogP contribution in [0.2, 0.25) is 0 Å².